The molecule has 0 fully saturated rings. The van der Waals surface area contributed by atoms with E-state index in [-0.39, 0.29) is 10.8 Å². The summed E-state index contributed by atoms with van der Waals surface area (Å²) in [5.41, 5.74) is 3.84. The zero-order valence-electron chi connectivity index (χ0n) is 16.1. The van der Waals surface area contributed by atoms with Crippen LogP contribution in [0.4, 0.5) is 11.4 Å². The second-order valence-electron chi connectivity index (χ2n) is 7.19. The average Bonchev–Trinajstić information content (AvgIpc) is 2.72. The minimum atomic E-state index is -3.80. The highest BCUT2D eigenvalue weighted by molar-refractivity contribution is 7.92. The summed E-state index contributed by atoms with van der Waals surface area (Å²) in [6.45, 7) is 2.52. The molecule has 1 amide bonds. The summed E-state index contributed by atoms with van der Waals surface area (Å²) >= 11 is 0. The van der Waals surface area contributed by atoms with E-state index in [1.165, 1.54) is 12.1 Å². The van der Waals surface area contributed by atoms with E-state index >= 15 is 0 Å². The molecule has 0 atom stereocenters. The highest BCUT2D eigenvalue weighted by atomic mass is 32.2. The molecule has 1 heterocycles. The summed E-state index contributed by atoms with van der Waals surface area (Å²) in [4.78, 5) is 15.0. The standard InChI is InChI=1S/C23H22N2O3S/c1-17-7-4-11-20(15-17)24-29(27,28)21-12-5-9-19(16-21)23(26)25-14-6-10-18-8-2-3-13-22(18)25/h2-5,7-9,11-13,15-16,24H,6,10,14H2,1H3. The Morgan fingerprint density at radius 2 is 1.76 bits per heavy atom. The van der Waals surface area contributed by atoms with Crippen molar-refractivity contribution in [2.45, 2.75) is 24.7 Å². The second kappa shape index (κ2) is 7.72. The topological polar surface area (TPSA) is 66.5 Å². The molecule has 0 saturated heterocycles. The van der Waals surface area contributed by atoms with Crippen molar-refractivity contribution in [3.63, 3.8) is 0 Å². The number of sulfonamides is 1. The van der Waals surface area contributed by atoms with Crippen LogP contribution >= 0.6 is 0 Å². The van der Waals surface area contributed by atoms with Gasteiger partial charge in [0.25, 0.3) is 15.9 Å². The zero-order chi connectivity index (χ0) is 20.4. The Kier molecular flexibility index (Phi) is 5.11. The van der Waals surface area contributed by atoms with Crippen molar-refractivity contribution in [2.75, 3.05) is 16.2 Å². The van der Waals surface area contributed by atoms with E-state index in [0.717, 1.165) is 29.7 Å². The van der Waals surface area contributed by atoms with Crippen LogP contribution in [0.3, 0.4) is 0 Å². The third-order valence-corrected chi connectivity index (χ3v) is 6.40. The molecular formula is C23H22N2O3S. The number of fused-ring (bicyclic) bond motifs is 1. The first kappa shape index (κ1) is 19.2. The lowest BCUT2D eigenvalue weighted by atomic mass is 10.0. The maximum atomic E-state index is 13.2. The Hall–Kier alpha value is -3.12. The number of amides is 1. The SMILES string of the molecule is Cc1cccc(NS(=O)(=O)c2cccc(C(=O)N3CCCc4ccccc43)c2)c1. The van der Waals surface area contributed by atoms with Crippen molar-refractivity contribution in [3.8, 4) is 0 Å². The smallest absolute Gasteiger partial charge is 0.261 e. The number of rotatable bonds is 4. The first-order chi connectivity index (χ1) is 13.9. The van der Waals surface area contributed by atoms with E-state index in [0.29, 0.717) is 17.8 Å². The summed E-state index contributed by atoms with van der Waals surface area (Å²) in [6.07, 6.45) is 1.82. The molecule has 1 aliphatic heterocycles. The average molecular weight is 407 g/mol. The van der Waals surface area contributed by atoms with Crippen LogP contribution in [-0.4, -0.2) is 20.9 Å². The Morgan fingerprint density at radius 1 is 0.966 bits per heavy atom. The van der Waals surface area contributed by atoms with Crippen LogP contribution in [0, 0.1) is 6.92 Å². The maximum Gasteiger partial charge on any atom is 0.261 e. The minimum absolute atomic E-state index is 0.0650. The van der Waals surface area contributed by atoms with E-state index in [1.807, 2.05) is 37.3 Å². The molecule has 0 aromatic heterocycles. The monoisotopic (exact) mass is 406 g/mol. The molecule has 4 rings (SSSR count). The molecule has 29 heavy (non-hydrogen) atoms. The molecule has 0 bridgehead atoms. The number of carbonyl (C=O) groups is 1. The molecule has 3 aromatic carbocycles. The molecule has 0 unspecified atom stereocenters. The number of hydrogen-bond acceptors (Lipinski definition) is 3. The number of benzene rings is 3. The van der Waals surface area contributed by atoms with Crippen LogP contribution in [0.1, 0.15) is 27.9 Å². The molecular weight excluding hydrogens is 384 g/mol. The molecule has 0 radical (unpaired) electrons. The summed E-state index contributed by atoms with van der Waals surface area (Å²) in [7, 11) is -3.80. The quantitative estimate of drug-likeness (QED) is 0.699. The molecule has 148 valence electrons. The van der Waals surface area contributed by atoms with Gasteiger partial charge in [0.05, 0.1) is 4.90 Å². The van der Waals surface area contributed by atoms with Gasteiger partial charge in [-0.15, -0.1) is 0 Å². The molecule has 1 aliphatic rings. The zero-order valence-corrected chi connectivity index (χ0v) is 16.9. The normalized spacial score (nSPS) is 13.6. The van der Waals surface area contributed by atoms with Gasteiger partial charge in [-0.3, -0.25) is 9.52 Å². The summed E-state index contributed by atoms with van der Waals surface area (Å²) < 4.78 is 28.2. The predicted octanol–water partition coefficient (Wildman–Crippen LogP) is 4.39. The predicted molar refractivity (Wildman–Crippen MR) is 115 cm³/mol. The third-order valence-electron chi connectivity index (χ3n) is 5.02. The largest absolute Gasteiger partial charge is 0.308 e. The lowest BCUT2D eigenvalue weighted by molar-refractivity contribution is 0.0985. The highest BCUT2D eigenvalue weighted by Gasteiger charge is 2.24. The van der Waals surface area contributed by atoms with Crippen LogP contribution in [0.2, 0.25) is 0 Å². The van der Waals surface area contributed by atoms with E-state index in [2.05, 4.69) is 4.72 Å². The Bertz CT molecular complexity index is 1170. The van der Waals surface area contributed by atoms with Gasteiger partial charge in [-0.1, -0.05) is 36.4 Å². The fourth-order valence-electron chi connectivity index (χ4n) is 3.62. The number of hydrogen-bond donors (Lipinski definition) is 1. The summed E-state index contributed by atoms with van der Waals surface area (Å²) in [5, 5.41) is 0. The lowest BCUT2D eigenvalue weighted by Crippen LogP contribution is -2.35. The van der Waals surface area contributed by atoms with Crippen LogP contribution in [0.15, 0.2) is 77.7 Å². The van der Waals surface area contributed by atoms with Crippen molar-refractivity contribution in [2.24, 2.45) is 0 Å². The van der Waals surface area contributed by atoms with Crippen molar-refractivity contribution < 1.29 is 13.2 Å². The summed E-state index contributed by atoms with van der Waals surface area (Å²) in [6, 6.07) is 21.2. The van der Waals surface area contributed by atoms with Gasteiger partial charge in [0.2, 0.25) is 0 Å². The Labute approximate surface area is 171 Å². The van der Waals surface area contributed by atoms with Gasteiger partial charge in [-0.05, 0) is 67.3 Å². The van der Waals surface area contributed by atoms with Crippen molar-refractivity contribution in [1.82, 2.24) is 0 Å². The van der Waals surface area contributed by atoms with E-state index in [9.17, 15) is 13.2 Å². The first-order valence-electron chi connectivity index (χ1n) is 9.53. The Balaban J connectivity index is 1.63. The number of carbonyl (C=O) groups excluding carboxylic acids is 1. The number of nitrogens with one attached hydrogen (secondary N) is 1. The molecule has 0 saturated carbocycles. The Morgan fingerprint density at radius 3 is 2.59 bits per heavy atom. The van der Waals surface area contributed by atoms with Crippen molar-refractivity contribution in [1.29, 1.82) is 0 Å². The second-order valence-corrected chi connectivity index (χ2v) is 8.87. The molecule has 0 spiro atoms. The van der Waals surface area contributed by atoms with E-state index in [4.69, 9.17) is 0 Å². The summed E-state index contributed by atoms with van der Waals surface area (Å²) in [5.74, 6) is -0.190. The first-order valence-corrected chi connectivity index (χ1v) is 11.0. The molecule has 5 nitrogen and oxygen atoms in total. The van der Waals surface area contributed by atoms with Gasteiger partial charge in [-0.2, -0.15) is 0 Å². The molecule has 1 N–H and O–H groups in total. The van der Waals surface area contributed by atoms with Gasteiger partial charge in [0.15, 0.2) is 0 Å². The van der Waals surface area contributed by atoms with E-state index in [1.54, 1.807) is 35.2 Å². The molecule has 0 aliphatic carbocycles. The van der Waals surface area contributed by atoms with Crippen LogP contribution in [0.25, 0.3) is 0 Å². The number of aryl methyl sites for hydroxylation is 2. The molecule has 3 aromatic rings. The maximum absolute atomic E-state index is 13.2. The van der Waals surface area contributed by atoms with Gasteiger partial charge < -0.3 is 4.90 Å². The van der Waals surface area contributed by atoms with Crippen molar-refractivity contribution >= 4 is 27.3 Å². The number of para-hydroxylation sites is 1. The lowest BCUT2D eigenvalue weighted by Gasteiger charge is -2.29. The van der Waals surface area contributed by atoms with Crippen molar-refractivity contribution in [3.05, 3.63) is 89.5 Å². The van der Waals surface area contributed by atoms with E-state index < -0.39 is 10.0 Å². The minimum Gasteiger partial charge on any atom is -0.308 e. The number of nitrogens with zero attached hydrogens (tertiary/aromatic N) is 1. The number of anilines is 2. The fraction of sp³-hybridized carbons (Fsp3) is 0.174. The van der Waals surface area contributed by atoms with Gasteiger partial charge in [-0.25, -0.2) is 8.42 Å². The highest BCUT2D eigenvalue weighted by Crippen LogP contribution is 2.28. The van der Waals surface area contributed by atoms with Crippen LogP contribution in [-0.2, 0) is 16.4 Å². The van der Waals surface area contributed by atoms with Gasteiger partial charge >= 0.3 is 0 Å². The molecule has 6 heteroatoms. The third kappa shape index (κ3) is 4.03. The fourth-order valence-corrected chi connectivity index (χ4v) is 4.71. The van der Waals surface area contributed by atoms with Crippen LogP contribution < -0.4 is 9.62 Å². The van der Waals surface area contributed by atoms with Gasteiger partial charge in [0, 0.05) is 23.5 Å². The van der Waals surface area contributed by atoms with Gasteiger partial charge in [0.1, 0.15) is 0 Å². The van der Waals surface area contributed by atoms with Crippen LogP contribution in [0.5, 0.6) is 0 Å².